The van der Waals surface area contributed by atoms with Gasteiger partial charge in [0.05, 0.1) is 5.92 Å². The minimum absolute atomic E-state index is 0.144. The summed E-state index contributed by atoms with van der Waals surface area (Å²) in [6.07, 6.45) is 0. The van der Waals surface area contributed by atoms with Crippen LogP contribution in [0.2, 0.25) is 0 Å². The monoisotopic (exact) mass is 201 g/mol. The van der Waals surface area contributed by atoms with Crippen molar-refractivity contribution in [2.75, 3.05) is 13.1 Å². The number of aliphatic carboxylic acids is 2. The number of hydrazine groups is 2. The van der Waals surface area contributed by atoms with Crippen molar-refractivity contribution in [3.63, 3.8) is 0 Å². The van der Waals surface area contributed by atoms with Crippen molar-refractivity contribution < 1.29 is 19.8 Å². The van der Waals surface area contributed by atoms with Crippen LogP contribution in [0, 0.1) is 11.8 Å². The minimum atomic E-state index is -1.10. The fraction of sp³-hybridized carbons (Fsp3) is 0.714. The zero-order valence-electron chi connectivity index (χ0n) is 7.30. The number of carboxylic acids is 2. The van der Waals surface area contributed by atoms with Gasteiger partial charge in [-0.2, -0.15) is 5.53 Å². The molecule has 0 aromatic rings. The van der Waals surface area contributed by atoms with Gasteiger partial charge in [-0.15, -0.1) is 0 Å². The molecule has 2 fully saturated rings. The van der Waals surface area contributed by atoms with Crippen LogP contribution in [-0.4, -0.2) is 46.3 Å². The molecule has 4 N–H and O–H groups in total. The van der Waals surface area contributed by atoms with Gasteiger partial charge in [0.25, 0.3) is 0 Å². The van der Waals surface area contributed by atoms with Gasteiger partial charge in [0.1, 0.15) is 6.04 Å². The molecule has 0 amide bonds. The molecular formula is C7H11N3O4. The summed E-state index contributed by atoms with van der Waals surface area (Å²) >= 11 is 0. The van der Waals surface area contributed by atoms with E-state index in [9.17, 15) is 9.59 Å². The van der Waals surface area contributed by atoms with Gasteiger partial charge in [-0.1, -0.05) is 0 Å². The molecule has 7 heteroatoms. The average Bonchev–Trinajstić information content (AvgIpc) is 2.37. The zero-order chi connectivity index (χ0) is 10.3. The van der Waals surface area contributed by atoms with E-state index >= 15 is 0 Å². The van der Waals surface area contributed by atoms with E-state index in [4.69, 9.17) is 10.2 Å². The number of carbonyl (C=O) groups is 2. The highest BCUT2D eigenvalue weighted by atomic mass is 16.4. The Balaban J connectivity index is 2.27. The molecule has 2 aliphatic rings. The number of rotatable bonds is 2. The second-order valence-corrected chi connectivity index (χ2v) is 3.55. The van der Waals surface area contributed by atoms with E-state index in [1.54, 1.807) is 0 Å². The molecule has 0 radical (unpaired) electrons. The summed E-state index contributed by atoms with van der Waals surface area (Å²) in [6, 6.07) is -0.979. The van der Waals surface area contributed by atoms with Crippen LogP contribution in [0.15, 0.2) is 0 Å². The van der Waals surface area contributed by atoms with Crippen molar-refractivity contribution in [3.8, 4) is 0 Å². The number of hydrogen-bond acceptors (Lipinski definition) is 5. The van der Waals surface area contributed by atoms with Crippen molar-refractivity contribution in [2.45, 2.75) is 6.04 Å². The molecule has 78 valence electrons. The topological polar surface area (TPSA) is 102 Å². The predicted molar refractivity (Wildman–Crippen MR) is 43.9 cm³/mol. The van der Waals surface area contributed by atoms with Crippen molar-refractivity contribution in [1.82, 2.24) is 16.0 Å². The quantitative estimate of drug-likeness (QED) is 0.413. The smallest absolute Gasteiger partial charge is 0.323 e. The van der Waals surface area contributed by atoms with Gasteiger partial charge >= 0.3 is 11.9 Å². The normalized spacial score (nSPS) is 40.9. The summed E-state index contributed by atoms with van der Waals surface area (Å²) in [6.45, 7) is 0.943. The van der Waals surface area contributed by atoms with Gasteiger partial charge in [0.2, 0.25) is 0 Å². The Labute approximate surface area is 79.6 Å². The van der Waals surface area contributed by atoms with Crippen LogP contribution in [0.3, 0.4) is 0 Å². The Morgan fingerprint density at radius 2 is 2.00 bits per heavy atom. The molecule has 2 heterocycles. The molecule has 2 aliphatic heterocycles. The number of nitrogens with zero attached hydrogens (tertiary/aromatic N) is 1. The van der Waals surface area contributed by atoms with Crippen LogP contribution in [0.1, 0.15) is 0 Å². The maximum Gasteiger partial charge on any atom is 0.323 e. The summed E-state index contributed by atoms with van der Waals surface area (Å²) in [5.74, 6) is -3.13. The first kappa shape index (κ1) is 9.38. The molecule has 0 aliphatic carbocycles. The Hall–Kier alpha value is -1.18. The van der Waals surface area contributed by atoms with E-state index in [2.05, 4.69) is 11.0 Å². The number of fused-ring (bicyclic) bond motifs is 2. The Kier molecular flexibility index (Phi) is 2.14. The third-order valence-electron chi connectivity index (χ3n) is 2.74. The van der Waals surface area contributed by atoms with Crippen molar-refractivity contribution in [2.24, 2.45) is 11.8 Å². The van der Waals surface area contributed by atoms with Crippen molar-refractivity contribution in [3.05, 3.63) is 0 Å². The maximum absolute atomic E-state index is 10.9. The molecule has 0 spiro atoms. The molecular weight excluding hydrogens is 190 g/mol. The van der Waals surface area contributed by atoms with Gasteiger partial charge in [-0.3, -0.25) is 9.59 Å². The molecule has 0 aromatic carbocycles. The van der Waals surface area contributed by atoms with Crippen LogP contribution in [0.25, 0.3) is 0 Å². The lowest BCUT2D eigenvalue weighted by atomic mass is 9.91. The molecule has 14 heavy (non-hydrogen) atoms. The molecule has 0 saturated carbocycles. The molecule has 0 aromatic heterocycles. The van der Waals surface area contributed by atoms with Crippen LogP contribution in [0.4, 0.5) is 0 Å². The van der Waals surface area contributed by atoms with Crippen LogP contribution < -0.4 is 11.0 Å². The molecule has 7 nitrogen and oxygen atoms in total. The zero-order valence-corrected chi connectivity index (χ0v) is 7.30. The first-order chi connectivity index (χ1) is 6.61. The summed E-state index contributed by atoms with van der Waals surface area (Å²) in [7, 11) is 0. The number of hydrogen-bond donors (Lipinski definition) is 4. The highest BCUT2D eigenvalue weighted by molar-refractivity contribution is 5.83. The highest BCUT2D eigenvalue weighted by Crippen LogP contribution is 2.30. The van der Waals surface area contributed by atoms with Crippen LogP contribution in [0.5, 0.6) is 0 Å². The first-order valence-corrected chi connectivity index (χ1v) is 4.32. The fourth-order valence-electron chi connectivity index (χ4n) is 2.14. The highest BCUT2D eigenvalue weighted by Gasteiger charge is 2.51. The third kappa shape index (κ3) is 1.26. The molecule has 4 unspecified atom stereocenters. The summed E-state index contributed by atoms with van der Waals surface area (Å²) in [4.78, 5) is 21.8. The summed E-state index contributed by atoms with van der Waals surface area (Å²) in [5, 5.41) is 19.3. The lowest BCUT2D eigenvalue weighted by molar-refractivity contribution is -0.153. The average molecular weight is 201 g/mol. The van der Waals surface area contributed by atoms with Gasteiger partial charge in [0, 0.05) is 19.0 Å². The molecule has 2 saturated heterocycles. The van der Waals surface area contributed by atoms with E-state index in [1.807, 2.05) is 0 Å². The lowest BCUT2D eigenvalue weighted by Gasteiger charge is -2.25. The number of carboxylic acid groups (broad SMARTS) is 2. The second kappa shape index (κ2) is 3.19. The Bertz CT molecular complexity index is 256. The lowest BCUT2D eigenvalue weighted by Crippen LogP contribution is -2.55. The molecule has 2 rings (SSSR count). The van der Waals surface area contributed by atoms with Crippen molar-refractivity contribution >= 4 is 11.9 Å². The molecule has 2 bridgehead atoms. The van der Waals surface area contributed by atoms with Gasteiger partial charge in [-0.25, -0.2) is 10.4 Å². The Morgan fingerprint density at radius 3 is 2.57 bits per heavy atom. The van der Waals surface area contributed by atoms with E-state index in [-0.39, 0.29) is 5.92 Å². The third-order valence-corrected chi connectivity index (χ3v) is 2.74. The standard InChI is InChI=1S/C7H11N3O4/c11-6(12)4-3-1-8-9-10(2-3)5(4)7(13)14/h3-5,8-9H,1-2H2,(H,11,12)(H,13,14). The van der Waals surface area contributed by atoms with Crippen molar-refractivity contribution in [1.29, 1.82) is 0 Å². The van der Waals surface area contributed by atoms with Crippen LogP contribution in [-0.2, 0) is 9.59 Å². The summed E-state index contributed by atoms with van der Waals surface area (Å²) in [5.41, 5.74) is 5.43. The van der Waals surface area contributed by atoms with E-state index < -0.39 is 23.9 Å². The van der Waals surface area contributed by atoms with E-state index in [0.717, 1.165) is 0 Å². The van der Waals surface area contributed by atoms with E-state index in [1.165, 1.54) is 5.01 Å². The Morgan fingerprint density at radius 1 is 1.29 bits per heavy atom. The second-order valence-electron chi connectivity index (χ2n) is 3.55. The number of nitrogens with one attached hydrogen (secondary N) is 2. The predicted octanol–water partition coefficient (Wildman–Crippen LogP) is -1.90. The molecule has 4 atom stereocenters. The van der Waals surface area contributed by atoms with Gasteiger partial charge in [-0.05, 0) is 0 Å². The fourth-order valence-corrected chi connectivity index (χ4v) is 2.14. The van der Waals surface area contributed by atoms with E-state index in [0.29, 0.717) is 13.1 Å². The SMILES string of the molecule is O=C(O)C1C2CNNN(C2)C1C(=O)O. The van der Waals surface area contributed by atoms with Crippen LogP contribution >= 0.6 is 0 Å². The minimum Gasteiger partial charge on any atom is -0.481 e. The first-order valence-electron chi connectivity index (χ1n) is 4.32. The van der Waals surface area contributed by atoms with Gasteiger partial charge < -0.3 is 10.2 Å². The largest absolute Gasteiger partial charge is 0.481 e. The maximum atomic E-state index is 10.9. The van der Waals surface area contributed by atoms with Gasteiger partial charge in [0.15, 0.2) is 0 Å². The summed E-state index contributed by atoms with van der Waals surface area (Å²) < 4.78 is 0.